The molecular weight excluding hydrogens is 220 g/mol. The lowest BCUT2D eigenvalue weighted by molar-refractivity contribution is 0.00400. The molecule has 0 bridgehead atoms. The maximum absolute atomic E-state index is 13.1. The lowest BCUT2D eigenvalue weighted by Crippen LogP contribution is -2.37. The van der Waals surface area contributed by atoms with Crippen molar-refractivity contribution in [1.29, 1.82) is 0 Å². The molecular formula is C14H25F2N. The first-order valence-corrected chi connectivity index (χ1v) is 6.94. The molecule has 0 heterocycles. The second kappa shape index (κ2) is 4.49. The Morgan fingerprint density at radius 1 is 1.24 bits per heavy atom. The molecule has 2 saturated carbocycles. The van der Waals surface area contributed by atoms with Gasteiger partial charge in [-0.3, -0.25) is 0 Å². The van der Waals surface area contributed by atoms with Crippen LogP contribution in [0.25, 0.3) is 0 Å². The van der Waals surface area contributed by atoms with Gasteiger partial charge in [0.25, 0.3) is 0 Å². The van der Waals surface area contributed by atoms with Crippen LogP contribution in [0.4, 0.5) is 8.78 Å². The van der Waals surface area contributed by atoms with Gasteiger partial charge in [-0.1, -0.05) is 20.3 Å². The van der Waals surface area contributed by atoms with Crippen LogP contribution in [0, 0.1) is 17.3 Å². The van der Waals surface area contributed by atoms with Gasteiger partial charge in [0.15, 0.2) is 0 Å². The van der Waals surface area contributed by atoms with Crippen LogP contribution in [0.1, 0.15) is 58.8 Å². The van der Waals surface area contributed by atoms with Crippen LogP contribution in [0.5, 0.6) is 0 Å². The molecule has 1 nitrogen and oxygen atoms in total. The Kier molecular flexibility index (Phi) is 3.50. The molecule has 0 amide bonds. The van der Waals surface area contributed by atoms with E-state index in [1.165, 1.54) is 19.3 Å². The Balaban J connectivity index is 1.87. The van der Waals surface area contributed by atoms with E-state index >= 15 is 0 Å². The summed E-state index contributed by atoms with van der Waals surface area (Å²) < 4.78 is 26.3. The molecule has 0 aliphatic heterocycles. The normalized spacial score (nSPS) is 37.2. The lowest BCUT2D eigenvalue weighted by Gasteiger charge is -2.33. The molecule has 2 aliphatic carbocycles. The third kappa shape index (κ3) is 2.98. The number of rotatable bonds is 3. The zero-order valence-electron chi connectivity index (χ0n) is 11.0. The summed E-state index contributed by atoms with van der Waals surface area (Å²) in [4.78, 5) is 0. The van der Waals surface area contributed by atoms with Gasteiger partial charge in [0, 0.05) is 18.9 Å². The van der Waals surface area contributed by atoms with Crippen molar-refractivity contribution in [2.45, 2.75) is 70.8 Å². The third-order valence-corrected chi connectivity index (χ3v) is 4.97. The number of hydrogen-bond acceptors (Lipinski definition) is 1. The van der Waals surface area contributed by atoms with E-state index < -0.39 is 5.92 Å². The molecule has 3 atom stereocenters. The summed E-state index contributed by atoms with van der Waals surface area (Å²) in [7, 11) is 0. The molecule has 2 rings (SSSR count). The summed E-state index contributed by atoms with van der Waals surface area (Å²) >= 11 is 0. The summed E-state index contributed by atoms with van der Waals surface area (Å²) in [5, 5.41) is 0. The SMILES string of the molecule is CC1(C)CCCC1C(N)CC1CCC(F)(F)C1. The van der Waals surface area contributed by atoms with Crippen molar-refractivity contribution in [1.82, 2.24) is 0 Å². The molecule has 0 aromatic carbocycles. The summed E-state index contributed by atoms with van der Waals surface area (Å²) in [6, 6.07) is 0.117. The van der Waals surface area contributed by atoms with Crippen LogP contribution in [0.15, 0.2) is 0 Å². The summed E-state index contributed by atoms with van der Waals surface area (Å²) in [6.07, 6.45) is 5.24. The van der Waals surface area contributed by atoms with E-state index in [-0.39, 0.29) is 24.8 Å². The number of hydrogen-bond donors (Lipinski definition) is 1. The van der Waals surface area contributed by atoms with Crippen LogP contribution >= 0.6 is 0 Å². The summed E-state index contributed by atoms with van der Waals surface area (Å²) in [5.41, 5.74) is 6.58. The van der Waals surface area contributed by atoms with Gasteiger partial charge in [0.05, 0.1) is 0 Å². The smallest absolute Gasteiger partial charge is 0.248 e. The average Bonchev–Trinajstić information content (AvgIpc) is 2.68. The van der Waals surface area contributed by atoms with Gasteiger partial charge in [0.1, 0.15) is 0 Å². The van der Waals surface area contributed by atoms with Crippen molar-refractivity contribution in [3.8, 4) is 0 Å². The predicted molar refractivity (Wildman–Crippen MR) is 66.0 cm³/mol. The van der Waals surface area contributed by atoms with Crippen molar-refractivity contribution in [3.63, 3.8) is 0 Å². The van der Waals surface area contributed by atoms with E-state index in [1.54, 1.807) is 0 Å². The van der Waals surface area contributed by atoms with E-state index in [9.17, 15) is 8.78 Å². The highest BCUT2D eigenvalue weighted by Crippen LogP contribution is 2.47. The molecule has 0 aromatic rings. The minimum Gasteiger partial charge on any atom is -0.327 e. The van der Waals surface area contributed by atoms with E-state index in [2.05, 4.69) is 13.8 Å². The van der Waals surface area contributed by atoms with Crippen molar-refractivity contribution < 1.29 is 8.78 Å². The van der Waals surface area contributed by atoms with Crippen LogP contribution < -0.4 is 5.73 Å². The Hall–Kier alpha value is -0.180. The van der Waals surface area contributed by atoms with E-state index in [4.69, 9.17) is 5.73 Å². The fourth-order valence-electron chi connectivity index (χ4n) is 3.94. The fraction of sp³-hybridized carbons (Fsp3) is 1.00. The molecule has 2 fully saturated rings. The highest BCUT2D eigenvalue weighted by molar-refractivity contribution is 4.93. The largest absolute Gasteiger partial charge is 0.327 e. The highest BCUT2D eigenvalue weighted by Gasteiger charge is 2.43. The number of nitrogens with two attached hydrogens (primary N) is 1. The van der Waals surface area contributed by atoms with Crippen LogP contribution in [0.3, 0.4) is 0 Å². The van der Waals surface area contributed by atoms with Gasteiger partial charge >= 0.3 is 0 Å². The van der Waals surface area contributed by atoms with Gasteiger partial charge in [-0.05, 0) is 42.9 Å². The Morgan fingerprint density at radius 3 is 2.41 bits per heavy atom. The number of alkyl halides is 2. The van der Waals surface area contributed by atoms with Crippen molar-refractivity contribution in [2.24, 2.45) is 23.0 Å². The summed E-state index contributed by atoms with van der Waals surface area (Å²) in [6.45, 7) is 4.54. The first kappa shape index (κ1) is 13.3. The first-order valence-electron chi connectivity index (χ1n) is 6.94. The molecule has 3 heteroatoms. The van der Waals surface area contributed by atoms with Crippen molar-refractivity contribution >= 4 is 0 Å². The molecule has 2 N–H and O–H groups in total. The maximum Gasteiger partial charge on any atom is 0.248 e. The minimum absolute atomic E-state index is 0.0633. The molecule has 0 saturated heterocycles. The first-order chi connectivity index (χ1) is 7.80. The van der Waals surface area contributed by atoms with Crippen LogP contribution in [-0.4, -0.2) is 12.0 Å². The Morgan fingerprint density at radius 2 is 1.94 bits per heavy atom. The standard InChI is InChI=1S/C14H25F2N/c1-13(2)6-3-4-11(13)12(17)8-10-5-7-14(15,16)9-10/h10-12H,3-9,17H2,1-2H3. The van der Waals surface area contributed by atoms with E-state index in [0.717, 1.165) is 6.42 Å². The molecule has 0 radical (unpaired) electrons. The average molecular weight is 245 g/mol. The Bertz CT molecular complexity index is 275. The maximum atomic E-state index is 13.1. The molecule has 17 heavy (non-hydrogen) atoms. The third-order valence-electron chi connectivity index (χ3n) is 4.97. The van der Waals surface area contributed by atoms with Crippen LogP contribution in [0.2, 0.25) is 0 Å². The zero-order valence-corrected chi connectivity index (χ0v) is 11.0. The van der Waals surface area contributed by atoms with Crippen LogP contribution in [-0.2, 0) is 0 Å². The lowest BCUT2D eigenvalue weighted by atomic mass is 9.75. The van der Waals surface area contributed by atoms with E-state index in [0.29, 0.717) is 17.8 Å². The fourth-order valence-corrected chi connectivity index (χ4v) is 3.94. The molecule has 2 aliphatic rings. The topological polar surface area (TPSA) is 26.0 Å². The molecule has 0 aromatic heterocycles. The quantitative estimate of drug-likeness (QED) is 0.800. The minimum atomic E-state index is -2.42. The van der Waals surface area contributed by atoms with Gasteiger partial charge in [0.2, 0.25) is 5.92 Å². The molecule has 0 spiro atoms. The summed E-state index contributed by atoms with van der Waals surface area (Å²) in [5.74, 6) is -1.75. The van der Waals surface area contributed by atoms with Crippen molar-refractivity contribution in [2.75, 3.05) is 0 Å². The van der Waals surface area contributed by atoms with Gasteiger partial charge < -0.3 is 5.73 Å². The highest BCUT2D eigenvalue weighted by atomic mass is 19.3. The van der Waals surface area contributed by atoms with Gasteiger partial charge in [-0.2, -0.15) is 0 Å². The Labute approximate surface area is 103 Å². The zero-order chi connectivity index (χ0) is 12.7. The number of halogens is 2. The van der Waals surface area contributed by atoms with Gasteiger partial charge in [-0.15, -0.1) is 0 Å². The monoisotopic (exact) mass is 245 g/mol. The molecule has 100 valence electrons. The molecule has 3 unspecified atom stereocenters. The predicted octanol–water partition coefficient (Wildman–Crippen LogP) is 3.97. The second-order valence-corrected chi connectivity index (χ2v) is 6.85. The second-order valence-electron chi connectivity index (χ2n) is 6.85. The van der Waals surface area contributed by atoms with E-state index in [1.807, 2.05) is 0 Å². The van der Waals surface area contributed by atoms with Crippen molar-refractivity contribution in [3.05, 3.63) is 0 Å². The van der Waals surface area contributed by atoms with Gasteiger partial charge in [-0.25, -0.2) is 8.78 Å².